The van der Waals surface area contributed by atoms with Crippen molar-refractivity contribution in [3.63, 3.8) is 0 Å². The van der Waals surface area contributed by atoms with Gasteiger partial charge in [0.15, 0.2) is 0 Å². The Morgan fingerprint density at radius 3 is 2.37 bits per heavy atom. The summed E-state index contributed by atoms with van der Waals surface area (Å²) in [6.45, 7) is 1.11. The summed E-state index contributed by atoms with van der Waals surface area (Å²) < 4.78 is 0. The Hall–Kier alpha value is -2.28. The van der Waals surface area contributed by atoms with Gasteiger partial charge in [-0.05, 0) is 32.1 Å². The number of guanidine groups is 1. The molecular formula is C18H32N6O6. The second kappa shape index (κ2) is 11.2. The van der Waals surface area contributed by atoms with Crippen LogP contribution in [0.1, 0.15) is 38.5 Å². The van der Waals surface area contributed by atoms with Crippen molar-refractivity contribution in [1.29, 1.82) is 0 Å². The molecule has 1 saturated heterocycles. The maximum atomic E-state index is 10.8. The van der Waals surface area contributed by atoms with E-state index < -0.39 is 36.2 Å². The van der Waals surface area contributed by atoms with Gasteiger partial charge in [-0.25, -0.2) is 0 Å². The molecule has 0 aromatic carbocycles. The molecule has 30 heavy (non-hydrogen) atoms. The van der Waals surface area contributed by atoms with Crippen molar-refractivity contribution in [1.82, 2.24) is 10.2 Å². The number of fused-ring (bicyclic) bond motifs is 1. The van der Waals surface area contributed by atoms with Crippen LogP contribution < -0.4 is 16.8 Å². The van der Waals surface area contributed by atoms with Gasteiger partial charge >= 0.3 is 11.9 Å². The first-order valence-corrected chi connectivity index (χ1v) is 10.2. The second-order valence-corrected chi connectivity index (χ2v) is 7.72. The van der Waals surface area contributed by atoms with E-state index >= 15 is 0 Å². The molecule has 1 fully saturated rings. The van der Waals surface area contributed by atoms with Crippen molar-refractivity contribution < 1.29 is 30.0 Å². The van der Waals surface area contributed by atoms with Crippen molar-refractivity contribution in [3.05, 3.63) is 0 Å². The van der Waals surface area contributed by atoms with Gasteiger partial charge in [0.2, 0.25) is 5.96 Å². The Bertz CT molecular complexity index is 672. The van der Waals surface area contributed by atoms with Gasteiger partial charge in [0.1, 0.15) is 17.9 Å². The van der Waals surface area contributed by atoms with Gasteiger partial charge in [0.05, 0.1) is 18.2 Å². The van der Waals surface area contributed by atoms with Crippen LogP contribution in [0.5, 0.6) is 0 Å². The van der Waals surface area contributed by atoms with E-state index in [0.717, 1.165) is 0 Å². The topological polar surface area (TPSA) is 207 Å². The normalized spacial score (nSPS) is 27.1. The van der Waals surface area contributed by atoms with Crippen molar-refractivity contribution >= 4 is 23.7 Å². The molecule has 0 aliphatic carbocycles. The summed E-state index contributed by atoms with van der Waals surface area (Å²) in [5, 5.41) is 41.1. The summed E-state index contributed by atoms with van der Waals surface area (Å²) in [6, 6.07) is -2.10. The highest BCUT2D eigenvalue weighted by molar-refractivity contribution is 6.05. The van der Waals surface area contributed by atoms with E-state index in [1.54, 1.807) is 0 Å². The number of aliphatic carboxylic acids is 2. The minimum Gasteiger partial charge on any atom is -0.480 e. The summed E-state index contributed by atoms with van der Waals surface area (Å²) in [7, 11) is 0. The fourth-order valence-electron chi connectivity index (χ4n) is 3.43. The van der Waals surface area contributed by atoms with Gasteiger partial charge in [-0.15, -0.1) is 0 Å². The smallest absolute Gasteiger partial charge is 0.320 e. The first-order chi connectivity index (χ1) is 14.2. The van der Waals surface area contributed by atoms with Crippen LogP contribution in [-0.4, -0.2) is 99.0 Å². The minimum absolute atomic E-state index is 0.212. The lowest BCUT2D eigenvalue weighted by Gasteiger charge is -2.26. The first-order valence-electron chi connectivity index (χ1n) is 10.2. The van der Waals surface area contributed by atoms with Crippen LogP contribution in [0.2, 0.25) is 0 Å². The predicted octanol–water partition coefficient (Wildman–Crippen LogP) is -2.09. The number of aliphatic hydroxyl groups is 2. The number of unbranched alkanes of at least 4 members (excludes halogenated alkanes) is 1. The Kier molecular flexibility index (Phi) is 8.96. The number of nitrogens with two attached hydrogens (primary N) is 2. The molecule has 2 rings (SSSR count). The molecule has 2 unspecified atom stereocenters. The average Bonchev–Trinajstić information content (AvgIpc) is 3.04. The highest BCUT2D eigenvalue weighted by Gasteiger charge is 2.37. The van der Waals surface area contributed by atoms with Gasteiger partial charge in [-0.3, -0.25) is 14.6 Å². The lowest BCUT2D eigenvalue weighted by atomic mass is 10.1. The van der Waals surface area contributed by atoms with E-state index in [1.807, 2.05) is 4.90 Å². The molecule has 2 aliphatic rings. The standard InChI is InChI=1S/C18H32N6O6/c19-10(16(27)28)4-1-2-7-24-9-14(26)13(25)8-12-15(24)23-18(22-12)21-6-3-5-11(20)17(29)30/h10-14,25-26H,1-9,19-20H2,(H,21,22)(H,27,28)(H,29,30)/t10?,11?,12-,13-,14+/m0/s1/i9+1. The van der Waals surface area contributed by atoms with E-state index in [-0.39, 0.29) is 19.0 Å². The molecule has 0 aromatic heterocycles. The first kappa shape index (κ1) is 24.0. The number of nitrogens with zero attached hydrogens (tertiary/aromatic N) is 3. The van der Waals surface area contributed by atoms with Crippen LogP contribution >= 0.6 is 0 Å². The molecule has 0 aromatic rings. The van der Waals surface area contributed by atoms with Crippen LogP contribution in [0.3, 0.4) is 0 Å². The minimum atomic E-state index is -1.04. The Balaban J connectivity index is 1.95. The van der Waals surface area contributed by atoms with E-state index in [1.165, 1.54) is 0 Å². The maximum Gasteiger partial charge on any atom is 0.320 e. The van der Waals surface area contributed by atoms with Crippen LogP contribution in [-0.2, 0) is 9.59 Å². The number of amidine groups is 1. The quantitative estimate of drug-likeness (QED) is 0.141. The highest BCUT2D eigenvalue weighted by atomic mass is 16.4. The summed E-state index contributed by atoms with van der Waals surface area (Å²) in [6.07, 6.45) is 0.889. The van der Waals surface area contributed by atoms with Crippen LogP contribution in [0, 0.1) is 0 Å². The third-order valence-electron chi connectivity index (χ3n) is 5.25. The molecule has 2 heterocycles. The third-order valence-corrected chi connectivity index (χ3v) is 5.25. The third kappa shape index (κ3) is 6.90. The predicted molar refractivity (Wildman–Crippen MR) is 109 cm³/mol. The van der Waals surface area contributed by atoms with Crippen molar-refractivity contribution in [2.24, 2.45) is 21.5 Å². The lowest BCUT2D eigenvalue weighted by Crippen LogP contribution is -2.42. The molecule has 0 amide bonds. The van der Waals surface area contributed by atoms with Crippen molar-refractivity contribution in [2.45, 2.75) is 68.9 Å². The van der Waals surface area contributed by atoms with E-state index in [9.17, 15) is 19.8 Å². The number of carboxylic acid groups (broad SMARTS) is 2. The maximum absolute atomic E-state index is 10.8. The lowest BCUT2D eigenvalue weighted by molar-refractivity contribution is -0.139. The average molecular weight is 429 g/mol. The number of aliphatic hydroxyl groups excluding tert-OH is 2. The van der Waals surface area contributed by atoms with Gasteiger partial charge in [0, 0.05) is 26.1 Å². The summed E-state index contributed by atoms with van der Waals surface area (Å²) >= 11 is 0. The number of hydrogen-bond donors (Lipinski definition) is 7. The van der Waals surface area contributed by atoms with Crippen LogP contribution in [0.25, 0.3) is 0 Å². The summed E-state index contributed by atoms with van der Waals surface area (Å²) in [5.74, 6) is -0.996. The van der Waals surface area contributed by atoms with Crippen LogP contribution in [0.15, 0.2) is 9.98 Å². The van der Waals surface area contributed by atoms with E-state index in [4.69, 9.17) is 21.7 Å². The molecule has 2 aliphatic heterocycles. The number of carbonyl (C=O) groups is 2. The fourth-order valence-corrected chi connectivity index (χ4v) is 3.43. The number of hydrogen-bond acceptors (Lipinski definition) is 8. The number of aliphatic imine (C=N–C) groups is 2. The van der Waals surface area contributed by atoms with Gasteiger partial charge in [0.25, 0.3) is 0 Å². The Morgan fingerprint density at radius 2 is 1.73 bits per heavy atom. The molecule has 9 N–H and O–H groups in total. The Morgan fingerprint density at radius 1 is 1.10 bits per heavy atom. The highest BCUT2D eigenvalue weighted by Crippen LogP contribution is 2.19. The molecule has 12 nitrogen and oxygen atoms in total. The molecule has 0 saturated carbocycles. The molecule has 0 bridgehead atoms. The Labute approximate surface area is 174 Å². The van der Waals surface area contributed by atoms with Crippen molar-refractivity contribution in [2.75, 3.05) is 19.6 Å². The molecular weight excluding hydrogens is 397 g/mol. The second-order valence-electron chi connectivity index (χ2n) is 7.72. The van der Waals surface area contributed by atoms with Crippen molar-refractivity contribution in [3.8, 4) is 0 Å². The zero-order valence-electron chi connectivity index (χ0n) is 16.9. The number of β-amino-alcohol motifs (C(OH)–C–C–N with tert-alkyl or cyclic N) is 1. The fraction of sp³-hybridized carbons (Fsp3) is 0.778. The number of nitrogens with one attached hydrogen (secondary N) is 1. The molecule has 0 radical (unpaired) electrons. The largest absolute Gasteiger partial charge is 0.480 e. The van der Waals surface area contributed by atoms with Gasteiger partial charge < -0.3 is 42.1 Å². The van der Waals surface area contributed by atoms with Gasteiger partial charge in [-0.2, -0.15) is 4.99 Å². The molecule has 170 valence electrons. The SMILES string of the molecule is NC(CCCCN1[13CH2][C@@H](O)[C@@H](O)C[C@@H]2NC(=NCCCC(N)C(=O)O)N=C21)C(=O)O. The molecule has 12 heteroatoms. The monoisotopic (exact) mass is 429 g/mol. The number of carboxylic acids is 2. The van der Waals surface area contributed by atoms with Gasteiger partial charge in [-0.1, -0.05) is 0 Å². The van der Waals surface area contributed by atoms with E-state index in [0.29, 0.717) is 57.0 Å². The molecule has 5 atom stereocenters. The van der Waals surface area contributed by atoms with Crippen LogP contribution in [0.4, 0.5) is 0 Å². The zero-order chi connectivity index (χ0) is 22.3. The van der Waals surface area contributed by atoms with E-state index in [2.05, 4.69) is 15.3 Å². The zero-order valence-corrected chi connectivity index (χ0v) is 16.9. The number of likely N-dealkylation sites (tertiary alicyclic amines) is 1. The molecule has 0 spiro atoms. The summed E-state index contributed by atoms with van der Waals surface area (Å²) in [4.78, 5) is 32.3. The summed E-state index contributed by atoms with van der Waals surface area (Å²) in [5.41, 5.74) is 11.0. The number of rotatable bonds is 11.